The van der Waals surface area contributed by atoms with Crippen LogP contribution in [0.15, 0.2) is 47.3 Å². The first-order valence-electron chi connectivity index (χ1n) is 8.98. The second-order valence-corrected chi connectivity index (χ2v) is 6.18. The topological polar surface area (TPSA) is 90.5 Å². The number of methoxy groups -OCH3 is 1. The first-order valence-corrected chi connectivity index (χ1v) is 8.98. The van der Waals surface area contributed by atoms with Crippen molar-refractivity contribution in [2.24, 2.45) is 0 Å². The summed E-state index contributed by atoms with van der Waals surface area (Å²) in [4.78, 5) is 31.9. The molecule has 0 aliphatic heterocycles. The van der Waals surface area contributed by atoms with E-state index in [-0.39, 0.29) is 5.56 Å². The van der Waals surface area contributed by atoms with Crippen molar-refractivity contribution in [2.45, 2.75) is 26.6 Å². The van der Waals surface area contributed by atoms with Gasteiger partial charge in [-0.3, -0.25) is 4.79 Å². The molecule has 0 spiro atoms. The number of benzene rings is 2. The van der Waals surface area contributed by atoms with Gasteiger partial charge in [0.2, 0.25) is 0 Å². The molecule has 1 N–H and O–H groups in total. The normalized spacial score (nSPS) is 12.0. The molecule has 0 amide bonds. The second kappa shape index (κ2) is 8.67. The summed E-state index contributed by atoms with van der Waals surface area (Å²) in [5.74, 6) is 0.405. The maximum atomic E-state index is 12.6. The number of nitrogens with zero attached hydrogens (tertiary/aromatic N) is 1. The van der Waals surface area contributed by atoms with Crippen molar-refractivity contribution in [3.8, 4) is 5.75 Å². The number of carbonyl (C=O) groups excluding carboxylic acids is 1. The minimum Gasteiger partial charge on any atom is -0.496 e. The SMILES string of the molecule is CCOCc1cc(C(=O)O[C@H](C)c2nc3ccccc3c(=O)[nH]2)ccc1OC. The van der Waals surface area contributed by atoms with E-state index in [1.807, 2.05) is 6.92 Å². The molecule has 3 aromatic rings. The number of H-pyrrole nitrogens is 1. The van der Waals surface area contributed by atoms with Crippen molar-refractivity contribution in [2.75, 3.05) is 13.7 Å². The Hall–Kier alpha value is -3.19. The van der Waals surface area contributed by atoms with Crippen molar-refractivity contribution in [3.05, 3.63) is 69.8 Å². The number of esters is 1. The number of fused-ring (bicyclic) bond motifs is 1. The highest BCUT2D eigenvalue weighted by Crippen LogP contribution is 2.23. The van der Waals surface area contributed by atoms with Gasteiger partial charge in [-0.25, -0.2) is 9.78 Å². The second-order valence-electron chi connectivity index (χ2n) is 6.18. The van der Waals surface area contributed by atoms with Crippen LogP contribution in [0.5, 0.6) is 5.75 Å². The third-order valence-electron chi connectivity index (χ3n) is 4.28. The minimum atomic E-state index is -0.720. The molecule has 1 atom stereocenters. The number of aromatic amines is 1. The standard InChI is InChI=1S/C21H22N2O5/c1-4-27-12-15-11-14(9-10-18(15)26-3)21(25)28-13(2)19-22-17-8-6-5-7-16(17)20(24)23-19/h5-11,13H,4,12H2,1-3H3,(H,22,23,24)/t13-/m1/s1. The van der Waals surface area contributed by atoms with E-state index in [0.29, 0.717) is 41.3 Å². The molecule has 3 rings (SSSR count). The summed E-state index contributed by atoms with van der Waals surface area (Å²) >= 11 is 0. The van der Waals surface area contributed by atoms with Crippen LogP contribution in [0.3, 0.4) is 0 Å². The Morgan fingerprint density at radius 3 is 2.75 bits per heavy atom. The van der Waals surface area contributed by atoms with Crippen LogP contribution in [0, 0.1) is 0 Å². The van der Waals surface area contributed by atoms with E-state index < -0.39 is 12.1 Å². The number of para-hydroxylation sites is 1. The summed E-state index contributed by atoms with van der Waals surface area (Å²) < 4.78 is 16.2. The van der Waals surface area contributed by atoms with Gasteiger partial charge in [-0.2, -0.15) is 0 Å². The van der Waals surface area contributed by atoms with E-state index in [1.54, 1.807) is 56.5 Å². The highest BCUT2D eigenvalue weighted by atomic mass is 16.5. The monoisotopic (exact) mass is 382 g/mol. The molecule has 7 heteroatoms. The third kappa shape index (κ3) is 4.20. The molecule has 1 aromatic heterocycles. The van der Waals surface area contributed by atoms with Crippen LogP contribution in [0.1, 0.15) is 41.7 Å². The molecule has 2 aromatic carbocycles. The van der Waals surface area contributed by atoms with Crippen LogP contribution < -0.4 is 10.3 Å². The Labute approximate surface area is 162 Å². The molecular weight excluding hydrogens is 360 g/mol. The number of hydrogen-bond donors (Lipinski definition) is 1. The van der Waals surface area contributed by atoms with Gasteiger partial charge in [0, 0.05) is 12.2 Å². The van der Waals surface area contributed by atoms with Crippen molar-refractivity contribution < 1.29 is 19.0 Å². The lowest BCUT2D eigenvalue weighted by atomic mass is 10.1. The van der Waals surface area contributed by atoms with E-state index in [0.717, 1.165) is 5.56 Å². The lowest BCUT2D eigenvalue weighted by molar-refractivity contribution is 0.0319. The molecule has 146 valence electrons. The number of nitrogens with one attached hydrogen (secondary N) is 1. The zero-order chi connectivity index (χ0) is 20.1. The Kier molecular flexibility index (Phi) is 6.06. The molecule has 28 heavy (non-hydrogen) atoms. The molecule has 0 bridgehead atoms. The fourth-order valence-corrected chi connectivity index (χ4v) is 2.81. The van der Waals surface area contributed by atoms with Crippen LogP contribution in [0.2, 0.25) is 0 Å². The van der Waals surface area contributed by atoms with Gasteiger partial charge in [0.15, 0.2) is 11.9 Å². The van der Waals surface area contributed by atoms with Gasteiger partial charge in [-0.1, -0.05) is 12.1 Å². The van der Waals surface area contributed by atoms with Gasteiger partial charge >= 0.3 is 5.97 Å². The lowest BCUT2D eigenvalue weighted by Gasteiger charge is -2.14. The summed E-state index contributed by atoms with van der Waals surface area (Å²) in [5, 5.41) is 0.487. The van der Waals surface area contributed by atoms with Crippen LogP contribution in [-0.4, -0.2) is 29.7 Å². The number of carbonyl (C=O) groups is 1. The quantitative estimate of drug-likeness (QED) is 0.630. The summed E-state index contributed by atoms with van der Waals surface area (Å²) in [6.07, 6.45) is -0.720. The van der Waals surface area contributed by atoms with Crippen LogP contribution in [0.4, 0.5) is 0 Å². The van der Waals surface area contributed by atoms with Crippen LogP contribution in [0.25, 0.3) is 10.9 Å². The number of hydrogen-bond acceptors (Lipinski definition) is 6. The van der Waals surface area contributed by atoms with Crippen LogP contribution in [-0.2, 0) is 16.1 Å². The van der Waals surface area contributed by atoms with Crippen molar-refractivity contribution in [1.82, 2.24) is 9.97 Å². The Balaban J connectivity index is 1.81. The van der Waals surface area contributed by atoms with E-state index in [4.69, 9.17) is 14.2 Å². The van der Waals surface area contributed by atoms with Crippen molar-refractivity contribution in [1.29, 1.82) is 0 Å². The van der Waals surface area contributed by atoms with Gasteiger partial charge in [-0.05, 0) is 44.2 Å². The Morgan fingerprint density at radius 1 is 1.21 bits per heavy atom. The lowest BCUT2D eigenvalue weighted by Crippen LogP contribution is -2.17. The third-order valence-corrected chi connectivity index (χ3v) is 4.28. The highest BCUT2D eigenvalue weighted by Gasteiger charge is 2.18. The zero-order valence-electron chi connectivity index (χ0n) is 16.0. The van der Waals surface area contributed by atoms with Gasteiger partial charge in [0.05, 0.1) is 30.2 Å². The van der Waals surface area contributed by atoms with E-state index in [9.17, 15) is 9.59 Å². The molecule has 0 unspecified atom stereocenters. The van der Waals surface area contributed by atoms with Crippen LogP contribution >= 0.6 is 0 Å². The average molecular weight is 382 g/mol. The van der Waals surface area contributed by atoms with Crippen molar-refractivity contribution >= 4 is 16.9 Å². The number of aromatic nitrogens is 2. The predicted molar refractivity (Wildman–Crippen MR) is 105 cm³/mol. The van der Waals surface area contributed by atoms with Gasteiger partial charge in [0.25, 0.3) is 5.56 Å². The molecular formula is C21H22N2O5. The molecule has 1 heterocycles. The Morgan fingerprint density at radius 2 is 2.00 bits per heavy atom. The Bertz CT molecular complexity index is 1040. The fraction of sp³-hybridized carbons (Fsp3) is 0.286. The van der Waals surface area contributed by atoms with E-state index >= 15 is 0 Å². The molecule has 0 aliphatic rings. The minimum absolute atomic E-state index is 0.271. The van der Waals surface area contributed by atoms with Gasteiger partial charge in [-0.15, -0.1) is 0 Å². The molecule has 0 saturated heterocycles. The molecule has 0 fully saturated rings. The number of rotatable bonds is 7. The summed E-state index contributed by atoms with van der Waals surface area (Å²) in [5.41, 5.74) is 1.40. The predicted octanol–water partition coefficient (Wildman–Crippen LogP) is 3.39. The highest BCUT2D eigenvalue weighted by molar-refractivity contribution is 5.90. The molecule has 0 aliphatic carbocycles. The van der Waals surface area contributed by atoms with Gasteiger partial charge in [0.1, 0.15) is 5.75 Å². The summed E-state index contributed by atoms with van der Waals surface area (Å²) in [6, 6.07) is 12.0. The molecule has 7 nitrogen and oxygen atoms in total. The van der Waals surface area contributed by atoms with Gasteiger partial charge < -0.3 is 19.2 Å². The smallest absolute Gasteiger partial charge is 0.338 e. The average Bonchev–Trinajstić information content (AvgIpc) is 2.71. The maximum Gasteiger partial charge on any atom is 0.338 e. The van der Waals surface area contributed by atoms with Crippen molar-refractivity contribution in [3.63, 3.8) is 0 Å². The largest absolute Gasteiger partial charge is 0.496 e. The maximum absolute atomic E-state index is 12.6. The summed E-state index contributed by atoms with van der Waals surface area (Å²) in [7, 11) is 1.56. The van der Waals surface area contributed by atoms with E-state index in [2.05, 4.69) is 9.97 Å². The molecule has 0 radical (unpaired) electrons. The number of ether oxygens (including phenoxy) is 3. The summed E-state index contributed by atoms with van der Waals surface area (Å²) in [6.45, 7) is 4.44. The fourth-order valence-electron chi connectivity index (χ4n) is 2.81. The first-order chi connectivity index (χ1) is 13.5. The zero-order valence-corrected chi connectivity index (χ0v) is 16.0. The van der Waals surface area contributed by atoms with E-state index in [1.165, 1.54) is 0 Å². The first kappa shape index (κ1) is 19.6. The molecule has 0 saturated carbocycles.